The third kappa shape index (κ3) is 0.891. The van der Waals surface area contributed by atoms with Crippen LogP contribution in [0.15, 0.2) is 11.4 Å². The molecular formula is C9H12S. The van der Waals surface area contributed by atoms with Crippen molar-refractivity contribution >= 4 is 11.3 Å². The number of fused-ring (bicyclic) bond motifs is 1. The molecule has 1 aromatic rings. The third-order valence-corrected chi connectivity index (χ3v) is 3.50. The van der Waals surface area contributed by atoms with Crippen LogP contribution in [0.5, 0.6) is 0 Å². The molecule has 1 unspecified atom stereocenters. The van der Waals surface area contributed by atoms with Crippen LogP contribution in [0, 0.1) is 0 Å². The maximum Gasteiger partial charge on any atom is 0.0105 e. The highest BCUT2D eigenvalue weighted by Crippen LogP contribution is 2.34. The van der Waals surface area contributed by atoms with E-state index in [0.29, 0.717) is 0 Å². The van der Waals surface area contributed by atoms with Crippen LogP contribution in [-0.4, -0.2) is 0 Å². The molecule has 0 spiro atoms. The standard InChI is InChI=1S/C9H12S/c1-7-3-2-4-8-5-6-10-9(7)8/h5-7H,2-4H2,1H3. The van der Waals surface area contributed by atoms with E-state index in [1.54, 1.807) is 10.4 Å². The van der Waals surface area contributed by atoms with Gasteiger partial charge in [0.25, 0.3) is 0 Å². The van der Waals surface area contributed by atoms with Crippen molar-refractivity contribution in [3.8, 4) is 0 Å². The minimum absolute atomic E-state index is 0.837. The van der Waals surface area contributed by atoms with Crippen LogP contribution in [0.1, 0.15) is 36.1 Å². The molecule has 1 aromatic heterocycles. The van der Waals surface area contributed by atoms with Gasteiger partial charge >= 0.3 is 0 Å². The second-order valence-electron chi connectivity index (χ2n) is 3.10. The van der Waals surface area contributed by atoms with Crippen LogP contribution in [0.4, 0.5) is 0 Å². The fourth-order valence-electron chi connectivity index (χ4n) is 1.72. The normalized spacial score (nSPS) is 24.3. The van der Waals surface area contributed by atoms with Crippen LogP contribution in [0.25, 0.3) is 0 Å². The zero-order valence-electron chi connectivity index (χ0n) is 6.26. The molecule has 0 radical (unpaired) electrons. The molecule has 54 valence electrons. The van der Waals surface area contributed by atoms with E-state index in [1.807, 2.05) is 11.3 Å². The van der Waals surface area contributed by atoms with Gasteiger partial charge in [-0.1, -0.05) is 6.92 Å². The van der Waals surface area contributed by atoms with E-state index in [0.717, 1.165) is 5.92 Å². The predicted molar refractivity (Wildman–Crippen MR) is 45.7 cm³/mol. The summed E-state index contributed by atoms with van der Waals surface area (Å²) in [4.78, 5) is 1.64. The van der Waals surface area contributed by atoms with Gasteiger partial charge in [0.05, 0.1) is 0 Å². The maximum atomic E-state index is 2.34. The van der Waals surface area contributed by atoms with E-state index < -0.39 is 0 Å². The van der Waals surface area contributed by atoms with Gasteiger partial charge in [0.2, 0.25) is 0 Å². The van der Waals surface area contributed by atoms with Crippen molar-refractivity contribution in [2.45, 2.75) is 32.1 Å². The summed E-state index contributed by atoms with van der Waals surface area (Å²) in [5, 5.41) is 2.23. The van der Waals surface area contributed by atoms with E-state index in [4.69, 9.17) is 0 Å². The van der Waals surface area contributed by atoms with Gasteiger partial charge in [-0.2, -0.15) is 0 Å². The van der Waals surface area contributed by atoms with Gasteiger partial charge in [-0.15, -0.1) is 11.3 Å². The summed E-state index contributed by atoms with van der Waals surface area (Å²) in [6, 6.07) is 2.29. The van der Waals surface area contributed by atoms with Gasteiger partial charge in [-0.3, -0.25) is 0 Å². The first kappa shape index (κ1) is 6.41. The van der Waals surface area contributed by atoms with Crippen LogP contribution in [0.2, 0.25) is 0 Å². The van der Waals surface area contributed by atoms with Crippen molar-refractivity contribution in [2.75, 3.05) is 0 Å². The molecule has 1 heteroatoms. The average molecular weight is 152 g/mol. The molecule has 0 aromatic carbocycles. The molecule has 0 fully saturated rings. The van der Waals surface area contributed by atoms with E-state index in [2.05, 4.69) is 18.4 Å². The molecule has 0 N–H and O–H groups in total. The van der Waals surface area contributed by atoms with E-state index in [1.165, 1.54) is 19.3 Å². The number of rotatable bonds is 0. The van der Waals surface area contributed by atoms with Gasteiger partial charge in [-0.05, 0) is 42.2 Å². The molecule has 0 nitrogen and oxygen atoms in total. The quantitative estimate of drug-likeness (QED) is 0.535. The lowest BCUT2D eigenvalue weighted by Crippen LogP contribution is -2.02. The molecule has 0 bridgehead atoms. The molecular weight excluding hydrogens is 140 g/mol. The Kier molecular flexibility index (Phi) is 1.53. The summed E-state index contributed by atoms with van der Waals surface area (Å²) in [5.41, 5.74) is 1.61. The summed E-state index contributed by atoms with van der Waals surface area (Å²) in [7, 11) is 0. The van der Waals surface area contributed by atoms with Crippen molar-refractivity contribution in [1.82, 2.24) is 0 Å². The average Bonchev–Trinajstić information content (AvgIpc) is 2.36. The second-order valence-corrected chi connectivity index (χ2v) is 4.05. The van der Waals surface area contributed by atoms with Gasteiger partial charge in [0.1, 0.15) is 0 Å². The first-order valence-corrected chi connectivity index (χ1v) is 4.82. The molecule has 10 heavy (non-hydrogen) atoms. The zero-order chi connectivity index (χ0) is 6.97. The summed E-state index contributed by atoms with van der Waals surface area (Å²) < 4.78 is 0. The Bertz CT molecular complexity index is 224. The largest absolute Gasteiger partial charge is 0.148 e. The van der Waals surface area contributed by atoms with Crippen molar-refractivity contribution in [3.63, 3.8) is 0 Å². The highest BCUT2D eigenvalue weighted by Gasteiger charge is 2.16. The molecule has 0 saturated heterocycles. The molecule has 1 atom stereocenters. The minimum atomic E-state index is 0.837. The lowest BCUT2D eigenvalue weighted by molar-refractivity contribution is 0.602. The topological polar surface area (TPSA) is 0 Å². The highest BCUT2D eigenvalue weighted by atomic mass is 32.1. The first-order chi connectivity index (χ1) is 4.88. The Hall–Kier alpha value is -0.300. The maximum absolute atomic E-state index is 2.34. The molecule has 0 amide bonds. The van der Waals surface area contributed by atoms with E-state index in [-0.39, 0.29) is 0 Å². The zero-order valence-corrected chi connectivity index (χ0v) is 7.08. The summed E-state index contributed by atoms with van der Waals surface area (Å²) in [6.07, 6.45) is 4.11. The minimum Gasteiger partial charge on any atom is -0.148 e. The molecule has 0 saturated carbocycles. The Balaban J connectivity index is 2.41. The monoisotopic (exact) mass is 152 g/mol. The lowest BCUT2D eigenvalue weighted by Gasteiger charge is -2.17. The van der Waals surface area contributed by atoms with Crippen molar-refractivity contribution < 1.29 is 0 Å². The summed E-state index contributed by atoms with van der Waals surface area (Å²) >= 11 is 1.93. The molecule has 1 heterocycles. The van der Waals surface area contributed by atoms with Gasteiger partial charge in [0, 0.05) is 4.88 Å². The van der Waals surface area contributed by atoms with Crippen molar-refractivity contribution in [1.29, 1.82) is 0 Å². The van der Waals surface area contributed by atoms with Crippen LogP contribution in [0.3, 0.4) is 0 Å². The van der Waals surface area contributed by atoms with Gasteiger partial charge < -0.3 is 0 Å². The molecule has 1 aliphatic carbocycles. The van der Waals surface area contributed by atoms with Crippen LogP contribution < -0.4 is 0 Å². The third-order valence-electron chi connectivity index (χ3n) is 2.31. The van der Waals surface area contributed by atoms with Crippen molar-refractivity contribution in [2.24, 2.45) is 0 Å². The highest BCUT2D eigenvalue weighted by molar-refractivity contribution is 7.10. The Morgan fingerprint density at radius 2 is 2.50 bits per heavy atom. The fraction of sp³-hybridized carbons (Fsp3) is 0.556. The van der Waals surface area contributed by atoms with E-state index >= 15 is 0 Å². The van der Waals surface area contributed by atoms with Crippen LogP contribution in [-0.2, 0) is 6.42 Å². The molecule has 2 rings (SSSR count). The smallest absolute Gasteiger partial charge is 0.0105 e. The van der Waals surface area contributed by atoms with Gasteiger partial charge in [-0.25, -0.2) is 0 Å². The Labute approximate surface area is 65.9 Å². The molecule has 1 aliphatic rings. The number of thiophene rings is 1. The van der Waals surface area contributed by atoms with Crippen molar-refractivity contribution in [3.05, 3.63) is 21.9 Å². The Morgan fingerprint density at radius 1 is 1.60 bits per heavy atom. The number of hydrogen-bond donors (Lipinski definition) is 0. The van der Waals surface area contributed by atoms with E-state index in [9.17, 15) is 0 Å². The number of aryl methyl sites for hydroxylation is 1. The Morgan fingerprint density at radius 3 is 3.30 bits per heavy atom. The molecule has 0 aliphatic heterocycles. The lowest BCUT2D eigenvalue weighted by atomic mass is 9.91. The van der Waals surface area contributed by atoms with Crippen LogP contribution >= 0.6 is 11.3 Å². The number of hydrogen-bond acceptors (Lipinski definition) is 1. The summed E-state index contributed by atoms with van der Waals surface area (Å²) in [6.45, 7) is 2.34. The second kappa shape index (κ2) is 2.39. The van der Waals surface area contributed by atoms with Gasteiger partial charge in [0.15, 0.2) is 0 Å². The predicted octanol–water partition coefficient (Wildman–Crippen LogP) is 3.19. The fourth-order valence-corrected chi connectivity index (χ4v) is 2.77. The summed E-state index contributed by atoms with van der Waals surface area (Å²) in [5.74, 6) is 0.837. The first-order valence-electron chi connectivity index (χ1n) is 3.94. The SMILES string of the molecule is CC1CCCc2ccsc21.